The molecule has 1 heterocycles. The van der Waals surface area contributed by atoms with Crippen LogP contribution in [0.4, 0.5) is 0 Å². The fraction of sp³-hybridized carbons (Fsp3) is 0.550. The minimum atomic E-state index is -1.45. The molecule has 0 aliphatic carbocycles. The van der Waals surface area contributed by atoms with Crippen molar-refractivity contribution >= 4 is 17.8 Å². The van der Waals surface area contributed by atoms with Gasteiger partial charge in [0.05, 0.1) is 5.92 Å². The van der Waals surface area contributed by atoms with Gasteiger partial charge in [-0.15, -0.1) is 0 Å². The fourth-order valence-corrected chi connectivity index (χ4v) is 3.17. The number of nitrogens with zero attached hydrogens (tertiary/aromatic N) is 1. The second-order valence-corrected chi connectivity index (χ2v) is 7.37. The highest BCUT2D eigenvalue weighted by atomic mass is 16.4. The number of likely N-dealkylation sites (tertiary alicyclic amines) is 1. The maximum absolute atomic E-state index is 12.9. The van der Waals surface area contributed by atoms with Gasteiger partial charge in [0, 0.05) is 19.1 Å². The van der Waals surface area contributed by atoms with E-state index in [4.69, 9.17) is 5.11 Å². The molecular formula is C20H28N2O4. The lowest BCUT2D eigenvalue weighted by Gasteiger charge is -2.35. The van der Waals surface area contributed by atoms with Gasteiger partial charge in [0.2, 0.25) is 11.8 Å². The quantitative estimate of drug-likeness (QED) is 0.763. The Morgan fingerprint density at radius 3 is 2.27 bits per heavy atom. The number of nitrogens with one attached hydrogen (secondary N) is 1. The molecule has 142 valence electrons. The highest BCUT2D eigenvalue weighted by Gasteiger charge is 2.38. The molecule has 1 fully saturated rings. The first-order chi connectivity index (χ1) is 12.3. The summed E-state index contributed by atoms with van der Waals surface area (Å²) >= 11 is 0. The number of hydrogen-bond donors (Lipinski definition) is 2. The molecule has 2 amide bonds. The summed E-state index contributed by atoms with van der Waals surface area (Å²) < 4.78 is 0. The zero-order chi connectivity index (χ0) is 19.3. The lowest BCUT2D eigenvalue weighted by Crippen LogP contribution is -2.51. The summed E-state index contributed by atoms with van der Waals surface area (Å²) in [5.74, 6) is -1.65. The number of amides is 2. The Hall–Kier alpha value is -2.37. The molecule has 0 spiro atoms. The number of hydrogen-bond acceptors (Lipinski definition) is 3. The minimum Gasteiger partial charge on any atom is -0.480 e. The molecule has 2 rings (SSSR count). The van der Waals surface area contributed by atoms with E-state index in [-0.39, 0.29) is 17.9 Å². The topological polar surface area (TPSA) is 86.7 Å². The molecule has 0 aromatic heterocycles. The van der Waals surface area contributed by atoms with Gasteiger partial charge in [0.15, 0.2) is 0 Å². The van der Waals surface area contributed by atoms with Crippen LogP contribution in [0.25, 0.3) is 0 Å². The van der Waals surface area contributed by atoms with Crippen LogP contribution in [-0.2, 0) is 14.4 Å². The van der Waals surface area contributed by atoms with E-state index in [0.717, 1.165) is 12.0 Å². The lowest BCUT2D eigenvalue weighted by molar-refractivity contribution is -0.153. The average Bonchev–Trinajstić information content (AvgIpc) is 2.63. The van der Waals surface area contributed by atoms with E-state index in [1.54, 1.807) is 0 Å². The van der Waals surface area contributed by atoms with Crippen LogP contribution in [0, 0.1) is 5.41 Å². The summed E-state index contributed by atoms with van der Waals surface area (Å²) in [4.78, 5) is 38.1. The monoisotopic (exact) mass is 360 g/mol. The third-order valence-electron chi connectivity index (χ3n) is 5.15. The van der Waals surface area contributed by atoms with Crippen LogP contribution in [0.15, 0.2) is 30.3 Å². The number of carbonyl (C=O) groups excluding carboxylic acids is 2. The third kappa shape index (κ3) is 4.42. The van der Waals surface area contributed by atoms with Crippen LogP contribution in [0.2, 0.25) is 0 Å². The molecule has 1 atom stereocenters. The van der Waals surface area contributed by atoms with Gasteiger partial charge in [-0.25, -0.2) is 0 Å². The third-order valence-corrected chi connectivity index (χ3v) is 5.15. The maximum Gasteiger partial charge on any atom is 0.318 e. The molecule has 1 aromatic carbocycles. The summed E-state index contributed by atoms with van der Waals surface area (Å²) in [6.45, 7) is 5.95. The van der Waals surface area contributed by atoms with Gasteiger partial charge in [-0.2, -0.15) is 0 Å². The smallest absolute Gasteiger partial charge is 0.318 e. The molecule has 26 heavy (non-hydrogen) atoms. The Balaban J connectivity index is 1.92. The molecule has 1 aliphatic heterocycles. The van der Waals surface area contributed by atoms with Crippen molar-refractivity contribution in [3.63, 3.8) is 0 Å². The Kier molecular flexibility index (Phi) is 6.40. The molecule has 6 heteroatoms. The zero-order valence-electron chi connectivity index (χ0n) is 15.7. The standard InChI is InChI=1S/C20H28N2O4/c1-4-16(14-8-6-5-7-9-14)17(23)22-12-10-15(11-13-22)21-18(24)20(2,3)19(25)26/h5-9,15-16H,4,10-13H2,1-3H3,(H,21,24)(H,25,26). The second kappa shape index (κ2) is 8.34. The minimum absolute atomic E-state index is 0.0954. The van der Waals surface area contributed by atoms with Crippen molar-refractivity contribution in [2.24, 2.45) is 5.41 Å². The van der Waals surface area contributed by atoms with E-state index in [9.17, 15) is 14.4 Å². The maximum atomic E-state index is 12.9. The SMILES string of the molecule is CCC(C(=O)N1CCC(NC(=O)C(C)(C)C(=O)O)CC1)c1ccccc1. The van der Waals surface area contributed by atoms with Gasteiger partial charge in [0.1, 0.15) is 5.41 Å². The molecule has 2 N–H and O–H groups in total. The number of piperidine rings is 1. The molecular weight excluding hydrogens is 332 g/mol. The number of benzene rings is 1. The van der Waals surface area contributed by atoms with Gasteiger partial charge in [-0.3, -0.25) is 14.4 Å². The van der Waals surface area contributed by atoms with Gasteiger partial charge < -0.3 is 15.3 Å². The molecule has 1 saturated heterocycles. The van der Waals surface area contributed by atoms with Gasteiger partial charge in [0.25, 0.3) is 0 Å². The first-order valence-electron chi connectivity index (χ1n) is 9.15. The van der Waals surface area contributed by atoms with E-state index < -0.39 is 17.3 Å². The normalized spacial score (nSPS) is 16.8. The summed E-state index contributed by atoms with van der Waals surface area (Å²) in [7, 11) is 0. The van der Waals surface area contributed by atoms with E-state index >= 15 is 0 Å². The van der Waals surface area contributed by atoms with Crippen molar-refractivity contribution in [2.45, 2.75) is 52.0 Å². The molecule has 6 nitrogen and oxygen atoms in total. The predicted molar refractivity (Wildman–Crippen MR) is 98.6 cm³/mol. The van der Waals surface area contributed by atoms with Gasteiger partial charge in [-0.05, 0) is 38.7 Å². The highest BCUT2D eigenvalue weighted by molar-refractivity contribution is 6.01. The molecule has 1 unspecified atom stereocenters. The molecule has 1 aliphatic rings. The van der Waals surface area contributed by atoms with Gasteiger partial charge >= 0.3 is 5.97 Å². The van der Waals surface area contributed by atoms with Crippen LogP contribution in [-0.4, -0.2) is 46.9 Å². The summed E-state index contributed by atoms with van der Waals surface area (Å²) in [5.41, 5.74) is -0.424. The number of carboxylic acids is 1. The average molecular weight is 360 g/mol. The van der Waals surface area contributed by atoms with Crippen molar-refractivity contribution in [3.05, 3.63) is 35.9 Å². The number of carboxylic acid groups (broad SMARTS) is 1. The zero-order valence-corrected chi connectivity index (χ0v) is 15.7. The Bertz CT molecular complexity index is 649. The number of aliphatic carboxylic acids is 1. The lowest BCUT2D eigenvalue weighted by atomic mass is 9.91. The summed E-state index contributed by atoms with van der Waals surface area (Å²) in [5, 5.41) is 12.0. The second-order valence-electron chi connectivity index (χ2n) is 7.37. The van der Waals surface area contributed by atoms with Crippen LogP contribution in [0.1, 0.15) is 51.5 Å². The summed E-state index contributed by atoms with van der Waals surface area (Å²) in [6.07, 6.45) is 2.02. The van der Waals surface area contributed by atoms with Crippen LogP contribution in [0.5, 0.6) is 0 Å². The fourth-order valence-electron chi connectivity index (χ4n) is 3.17. The first-order valence-corrected chi connectivity index (χ1v) is 9.15. The Labute approximate surface area is 154 Å². The van der Waals surface area contributed by atoms with Crippen LogP contribution < -0.4 is 5.32 Å². The van der Waals surface area contributed by atoms with Crippen molar-refractivity contribution in [2.75, 3.05) is 13.1 Å². The van der Waals surface area contributed by atoms with Gasteiger partial charge in [-0.1, -0.05) is 37.3 Å². The molecule has 1 aromatic rings. The largest absolute Gasteiger partial charge is 0.480 e. The van der Waals surface area contributed by atoms with Crippen molar-refractivity contribution in [3.8, 4) is 0 Å². The van der Waals surface area contributed by atoms with E-state index in [1.165, 1.54) is 13.8 Å². The molecule has 0 radical (unpaired) electrons. The number of carbonyl (C=O) groups is 3. The predicted octanol–water partition coefficient (Wildman–Crippen LogP) is 2.40. The van der Waals surface area contributed by atoms with Crippen LogP contribution in [0.3, 0.4) is 0 Å². The molecule has 0 bridgehead atoms. The summed E-state index contributed by atoms with van der Waals surface area (Å²) in [6, 6.07) is 9.68. The number of rotatable bonds is 6. The van der Waals surface area contributed by atoms with E-state index in [2.05, 4.69) is 5.32 Å². The molecule has 0 saturated carbocycles. The first kappa shape index (κ1) is 19.9. The highest BCUT2D eigenvalue weighted by Crippen LogP contribution is 2.24. The van der Waals surface area contributed by atoms with E-state index in [1.807, 2.05) is 42.2 Å². The Morgan fingerprint density at radius 2 is 1.77 bits per heavy atom. The van der Waals surface area contributed by atoms with Crippen molar-refractivity contribution < 1.29 is 19.5 Å². The Morgan fingerprint density at radius 1 is 1.19 bits per heavy atom. The van der Waals surface area contributed by atoms with Crippen LogP contribution >= 0.6 is 0 Å². The van der Waals surface area contributed by atoms with Crippen molar-refractivity contribution in [1.29, 1.82) is 0 Å². The van der Waals surface area contributed by atoms with Crippen molar-refractivity contribution in [1.82, 2.24) is 10.2 Å². The van der Waals surface area contributed by atoms with E-state index in [0.29, 0.717) is 25.9 Å².